The van der Waals surface area contributed by atoms with Gasteiger partial charge in [-0.05, 0) is 38.8 Å². The fraction of sp³-hybridized carbons (Fsp3) is 0.562. The molecular formula is C16H23NO2. The van der Waals surface area contributed by atoms with E-state index >= 15 is 0 Å². The third-order valence-electron chi connectivity index (χ3n) is 4.15. The maximum atomic E-state index is 12.7. The van der Waals surface area contributed by atoms with Crippen molar-refractivity contribution in [2.24, 2.45) is 0 Å². The Labute approximate surface area is 115 Å². The molecule has 1 aromatic carbocycles. The summed E-state index contributed by atoms with van der Waals surface area (Å²) in [7, 11) is 0. The zero-order chi connectivity index (χ0) is 13.8. The van der Waals surface area contributed by atoms with Gasteiger partial charge in [0.1, 0.15) is 5.75 Å². The van der Waals surface area contributed by atoms with Gasteiger partial charge in [-0.3, -0.25) is 4.79 Å². The van der Waals surface area contributed by atoms with E-state index in [1.54, 1.807) is 19.1 Å². The number of amides is 1. The zero-order valence-corrected chi connectivity index (χ0v) is 11.9. The monoisotopic (exact) mass is 261 g/mol. The first-order valence-corrected chi connectivity index (χ1v) is 7.24. The van der Waals surface area contributed by atoms with E-state index < -0.39 is 0 Å². The number of carbonyl (C=O) groups is 1. The predicted octanol–water partition coefficient (Wildman–Crippen LogP) is 3.50. The van der Waals surface area contributed by atoms with Crippen LogP contribution in [0.4, 0.5) is 0 Å². The van der Waals surface area contributed by atoms with Crippen molar-refractivity contribution in [2.75, 3.05) is 6.54 Å². The summed E-state index contributed by atoms with van der Waals surface area (Å²) in [5.74, 6) is 0.258. The van der Waals surface area contributed by atoms with E-state index in [9.17, 15) is 9.90 Å². The summed E-state index contributed by atoms with van der Waals surface area (Å²) < 4.78 is 0. The van der Waals surface area contributed by atoms with Gasteiger partial charge in [0.25, 0.3) is 5.91 Å². The largest absolute Gasteiger partial charge is 0.508 e. The SMILES string of the molecule is CCN(C(=O)c1cccc(O)c1C)C1CCCCC1. The third-order valence-corrected chi connectivity index (χ3v) is 4.15. The Morgan fingerprint density at radius 3 is 2.63 bits per heavy atom. The second kappa shape index (κ2) is 6.09. The Morgan fingerprint density at radius 2 is 2.00 bits per heavy atom. The van der Waals surface area contributed by atoms with Gasteiger partial charge in [-0.15, -0.1) is 0 Å². The Balaban J connectivity index is 2.22. The molecule has 3 heteroatoms. The fourth-order valence-corrected chi connectivity index (χ4v) is 2.97. The Morgan fingerprint density at radius 1 is 1.32 bits per heavy atom. The first-order valence-electron chi connectivity index (χ1n) is 7.24. The number of hydrogen-bond donors (Lipinski definition) is 1. The van der Waals surface area contributed by atoms with Crippen LogP contribution >= 0.6 is 0 Å². The normalized spacial score (nSPS) is 16.3. The van der Waals surface area contributed by atoms with Gasteiger partial charge in [-0.25, -0.2) is 0 Å². The lowest BCUT2D eigenvalue weighted by molar-refractivity contribution is 0.0646. The highest BCUT2D eigenvalue weighted by molar-refractivity contribution is 5.96. The van der Waals surface area contributed by atoms with Gasteiger partial charge in [-0.1, -0.05) is 25.3 Å². The van der Waals surface area contributed by atoms with Crippen LogP contribution in [0.2, 0.25) is 0 Å². The average Bonchev–Trinajstić information content (AvgIpc) is 2.44. The van der Waals surface area contributed by atoms with Crippen molar-refractivity contribution < 1.29 is 9.90 Å². The lowest BCUT2D eigenvalue weighted by Gasteiger charge is -2.34. The lowest BCUT2D eigenvalue weighted by atomic mass is 9.93. The number of rotatable bonds is 3. The van der Waals surface area contributed by atoms with Crippen LogP contribution in [0.5, 0.6) is 5.75 Å². The van der Waals surface area contributed by atoms with Crippen molar-refractivity contribution in [1.29, 1.82) is 0 Å². The zero-order valence-electron chi connectivity index (χ0n) is 11.9. The molecule has 1 aliphatic carbocycles. The van der Waals surface area contributed by atoms with Gasteiger partial charge in [0.2, 0.25) is 0 Å². The summed E-state index contributed by atoms with van der Waals surface area (Å²) >= 11 is 0. The van der Waals surface area contributed by atoms with Gasteiger partial charge < -0.3 is 10.0 Å². The van der Waals surface area contributed by atoms with Gasteiger partial charge in [0.05, 0.1) is 0 Å². The minimum Gasteiger partial charge on any atom is -0.508 e. The molecule has 0 radical (unpaired) electrons. The molecule has 19 heavy (non-hydrogen) atoms. The predicted molar refractivity (Wildman–Crippen MR) is 76.4 cm³/mol. The van der Waals surface area contributed by atoms with Crippen molar-refractivity contribution in [1.82, 2.24) is 4.90 Å². The summed E-state index contributed by atoms with van der Waals surface area (Å²) in [6.07, 6.45) is 5.93. The molecular weight excluding hydrogens is 238 g/mol. The smallest absolute Gasteiger partial charge is 0.254 e. The highest BCUT2D eigenvalue weighted by Crippen LogP contribution is 2.26. The van der Waals surface area contributed by atoms with E-state index in [-0.39, 0.29) is 11.7 Å². The molecule has 0 bridgehead atoms. The van der Waals surface area contributed by atoms with E-state index in [1.807, 2.05) is 17.9 Å². The molecule has 0 heterocycles. The van der Waals surface area contributed by atoms with E-state index in [0.717, 1.165) is 19.4 Å². The molecule has 0 unspecified atom stereocenters. The second-order valence-corrected chi connectivity index (χ2v) is 5.33. The van der Waals surface area contributed by atoms with Crippen molar-refractivity contribution >= 4 is 5.91 Å². The van der Waals surface area contributed by atoms with Gasteiger partial charge >= 0.3 is 0 Å². The molecule has 3 nitrogen and oxygen atoms in total. The second-order valence-electron chi connectivity index (χ2n) is 5.33. The van der Waals surface area contributed by atoms with Crippen molar-refractivity contribution in [3.63, 3.8) is 0 Å². The number of benzene rings is 1. The van der Waals surface area contributed by atoms with Gasteiger partial charge in [0.15, 0.2) is 0 Å². The van der Waals surface area contributed by atoms with Crippen LogP contribution in [0.3, 0.4) is 0 Å². The molecule has 1 aromatic rings. The van der Waals surface area contributed by atoms with Crippen LogP contribution in [0, 0.1) is 6.92 Å². The first kappa shape index (κ1) is 13.9. The minimum absolute atomic E-state index is 0.0581. The highest BCUT2D eigenvalue weighted by atomic mass is 16.3. The standard InChI is InChI=1S/C16H23NO2/c1-3-17(13-8-5-4-6-9-13)16(19)14-10-7-11-15(18)12(14)2/h7,10-11,13,18H,3-6,8-9H2,1-2H3. The fourth-order valence-electron chi connectivity index (χ4n) is 2.97. The molecule has 0 aliphatic heterocycles. The third kappa shape index (κ3) is 2.91. The summed E-state index contributed by atoms with van der Waals surface area (Å²) in [6.45, 7) is 4.57. The Kier molecular flexibility index (Phi) is 4.46. The van der Waals surface area contributed by atoms with Crippen LogP contribution < -0.4 is 0 Å². The number of hydrogen-bond acceptors (Lipinski definition) is 2. The molecule has 0 spiro atoms. The number of phenolic OH excluding ortho intramolecular Hbond substituents is 1. The Bertz CT molecular complexity index is 450. The summed E-state index contributed by atoms with van der Waals surface area (Å²) in [4.78, 5) is 14.6. The van der Waals surface area contributed by atoms with Crippen molar-refractivity contribution in [3.05, 3.63) is 29.3 Å². The highest BCUT2D eigenvalue weighted by Gasteiger charge is 2.26. The van der Waals surface area contributed by atoms with E-state index in [4.69, 9.17) is 0 Å². The molecule has 1 saturated carbocycles. The Hall–Kier alpha value is -1.51. The maximum absolute atomic E-state index is 12.7. The minimum atomic E-state index is 0.0581. The molecule has 0 aromatic heterocycles. The summed E-state index contributed by atoms with van der Waals surface area (Å²) in [5.41, 5.74) is 1.31. The topological polar surface area (TPSA) is 40.5 Å². The van der Waals surface area contributed by atoms with Crippen LogP contribution in [-0.2, 0) is 0 Å². The maximum Gasteiger partial charge on any atom is 0.254 e. The number of carbonyl (C=O) groups excluding carboxylic acids is 1. The van der Waals surface area contributed by atoms with Crippen molar-refractivity contribution in [3.8, 4) is 5.75 Å². The lowest BCUT2D eigenvalue weighted by Crippen LogP contribution is -2.41. The van der Waals surface area contributed by atoms with Crippen LogP contribution in [0.15, 0.2) is 18.2 Å². The molecule has 0 saturated heterocycles. The average molecular weight is 261 g/mol. The van der Waals surface area contributed by atoms with Gasteiger partial charge in [-0.2, -0.15) is 0 Å². The number of phenols is 1. The summed E-state index contributed by atoms with van der Waals surface area (Å²) in [6, 6.07) is 5.55. The van der Waals surface area contributed by atoms with E-state index in [1.165, 1.54) is 19.3 Å². The first-order chi connectivity index (χ1) is 9.15. The molecule has 0 atom stereocenters. The van der Waals surface area contributed by atoms with E-state index in [0.29, 0.717) is 17.2 Å². The van der Waals surface area contributed by atoms with Gasteiger partial charge in [0, 0.05) is 23.7 Å². The molecule has 1 aliphatic rings. The van der Waals surface area contributed by atoms with Crippen LogP contribution in [0.1, 0.15) is 54.9 Å². The van der Waals surface area contributed by atoms with Crippen molar-refractivity contribution in [2.45, 2.75) is 52.0 Å². The molecule has 1 amide bonds. The summed E-state index contributed by atoms with van der Waals surface area (Å²) in [5, 5.41) is 9.74. The van der Waals surface area contributed by atoms with Crippen LogP contribution in [-0.4, -0.2) is 28.5 Å². The molecule has 1 fully saturated rings. The van der Waals surface area contributed by atoms with Crippen LogP contribution in [0.25, 0.3) is 0 Å². The molecule has 2 rings (SSSR count). The molecule has 104 valence electrons. The number of nitrogens with zero attached hydrogens (tertiary/aromatic N) is 1. The quantitative estimate of drug-likeness (QED) is 0.904. The number of aromatic hydroxyl groups is 1. The van der Waals surface area contributed by atoms with E-state index in [2.05, 4.69) is 0 Å². The molecule has 1 N–H and O–H groups in total.